The Balaban J connectivity index is 2.10. The smallest absolute Gasteiger partial charge is 0.478 e. The molecule has 0 atom stereocenters. The number of rotatable bonds is 4. The zero-order chi connectivity index (χ0) is 15.9. The van der Waals surface area contributed by atoms with Gasteiger partial charge in [0.2, 0.25) is 0 Å². The van der Waals surface area contributed by atoms with Crippen molar-refractivity contribution in [2.24, 2.45) is 0 Å². The molecule has 116 valence electrons. The van der Waals surface area contributed by atoms with Gasteiger partial charge in [-0.3, -0.25) is 0 Å². The summed E-state index contributed by atoms with van der Waals surface area (Å²) >= 11 is 0. The van der Waals surface area contributed by atoms with Crippen molar-refractivity contribution in [3.05, 3.63) is 41.7 Å². The molecule has 1 N–H and O–H groups in total. The molecule has 0 amide bonds. The average Bonchev–Trinajstić information content (AvgIpc) is 3.16. The molecule has 3 rings (SSSR count). The predicted octanol–water partition coefficient (Wildman–Crippen LogP) is 3.35. The highest BCUT2D eigenvalue weighted by Crippen LogP contribution is 2.43. The highest BCUT2D eigenvalue weighted by Gasteiger charge is 2.35. The summed E-state index contributed by atoms with van der Waals surface area (Å²) < 4.78 is 42.7. The molecule has 1 fully saturated rings. The van der Waals surface area contributed by atoms with E-state index in [1.807, 2.05) is 0 Å². The maximum absolute atomic E-state index is 12.5. The number of hydrogen-bond acceptors (Lipinski definition) is 3. The van der Waals surface area contributed by atoms with Crippen molar-refractivity contribution in [2.45, 2.75) is 25.1 Å². The molecule has 0 saturated heterocycles. The number of carboxylic acid groups (broad SMARTS) is 1. The van der Waals surface area contributed by atoms with Crippen LogP contribution in [0.15, 0.2) is 30.5 Å². The number of aromatic carboxylic acids is 1. The average molecular weight is 312 g/mol. The third-order valence-electron chi connectivity index (χ3n) is 3.32. The van der Waals surface area contributed by atoms with E-state index in [0.717, 1.165) is 19.0 Å². The Morgan fingerprint density at radius 2 is 2.00 bits per heavy atom. The highest BCUT2D eigenvalue weighted by atomic mass is 19.4. The SMILES string of the molecule is O=C(O)c1cnn(-c2ccccc2OC(F)(F)F)c1C1CC1. The summed E-state index contributed by atoms with van der Waals surface area (Å²) in [6.07, 6.45) is -2.11. The van der Waals surface area contributed by atoms with Crippen molar-refractivity contribution < 1.29 is 27.8 Å². The fourth-order valence-electron chi connectivity index (χ4n) is 2.31. The molecule has 1 heterocycles. The number of para-hydroxylation sites is 2. The van der Waals surface area contributed by atoms with Crippen molar-refractivity contribution in [3.8, 4) is 11.4 Å². The van der Waals surface area contributed by atoms with Gasteiger partial charge in [0.25, 0.3) is 0 Å². The second kappa shape index (κ2) is 5.04. The molecular formula is C14H11F3N2O3. The zero-order valence-electron chi connectivity index (χ0n) is 11.2. The van der Waals surface area contributed by atoms with Gasteiger partial charge in [0.05, 0.1) is 11.9 Å². The molecule has 1 aromatic carbocycles. The van der Waals surface area contributed by atoms with Crippen LogP contribution < -0.4 is 4.74 Å². The molecule has 22 heavy (non-hydrogen) atoms. The first-order valence-corrected chi connectivity index (χ1v) is 6.53. The molecule has 2 aromatic rings. The minimum atomic E-state index is -4.83. The lowest BCUT2D eigenvalue weighted by Gasteiger charge is -2.15. The third kappa shape index (κ3) is 2.76. The van der Waals surface area contributed by atoms with Crippen molar-refractivity contribution in [3.63, 3.8) is 0 Å². The maximum atomic E-state index is 12.5. The molecule has 1 aromatic heterocycles. The summed E-state index contributed by atoms with van der Waals surface area (Å²) in [6, 6.07) is 5.52. The van der Waals surface area contributed by atoms with Gasteiger partial charge >= 0.3 is 12.3 Å². The lowest BCUT2D eigenvalue weighted by molar-refractivity contribution is -0.274. The Labute approximate surface area is 122 Å². The fraction of sp³-hybridized carbons (Fsp3) is 0.286. The van der Waals surface area contributed by atoms with E-state index in [9.17, 15) is 23.1 Å². The van der Waals surface area contributed by atoms with E-state index in [4.69, 9.17) is 0 Å². The lowest BCUT2D eigenvalue weighted by atomic mass is 10.1. The molecule has 1 saturated carbocycles. The van der Waals surface area contributed by atoms with Gasteiger partial charge in [-0.15, -0.1) is 13.2 Å². The van der Waals surface area contributed by atoms with E-state index in [1.54, 1.807) is 0 Å². The Bertz CT molecular complexity index is 720. The van der Waals surface area contributed by atoms with Crippen LogP contribution in [-0.2, 0) is 0 Å². The summed E-state index contributed by atoms with van der Waals surface area (Å²) in [5.41, 5.74) is 0.476. The summed E-state index contributed by atoms with van der Waals surface area (Å²) in [7, 11) is 0. The van der Waals surface area contributed by atoms with E-state index >= 15 is 0 Å². The van der Waals surface area contributed by atoms with E-state index in [0.29, 0.717) is 5.69 Å². The van der Waals surface area contributed by atoms with Crippen molar-refractivity contribution in [1.82, 2.24) is 9.78 Å². The van der Waals surface area contributed by atoms with Gasteiger partial charge in [-0.1, -0.05) is 12.1 Å². The van der Waals surface area contributed by atoms with Crippen LogP contribution in [0.2, 0.25) is 0 Å². The number of hydrogen-bond donors (Lipinski definition) is 1. The van der Waals surface area contributed by atoms with Gasteiger partial charge in [-0.2, -0.15) is 5.10 Å². The van der Waals surface area contributed by atoms with Crippen LogP contribution >= 0.6 is 0 Å². The van der Waals surface area contributed by atoms with Gasteiger partial charge in [0.1, 0.15) is 11.3 Å². The number of alkyl halides is 3. The first-order valence-electron chi connectivity index (χ1n) is 6.53. The van der Waals surface area contributed by atoms with E-state index in [-0.39, 0.29) is 17.2 Å². The molecule has 1 aliphatic rings. The molecule has 1 aliphatic carbocycles. The normalized spacial score (nSPS) is 14.9. The summed E-state index contributed by atoms with van der Waals surface area (Å²) in [4.78, 5) is 11.2. The lowest BCUT2D eigenvalue weighted by Crippen LogP contribution is -2.19. The Hall–Kier alpha value is -2.51. The molecule has 0 aliphatic heterocycles. The van der Waals surface area contributed by atoms with Crippen LogP contribution in [-0.4, -0.2) is 27.2 Å². The Kier molecular flexibility index (Phi) is 3.31. The van der Waals surface area contributed by atoms with E-state index in [2.05, 4.69) is 9.84 Å². The van der Waals surface area contributed by atoms with Crippen LogP contribution in [0.25, 0.3) is 5.69 Å². The summed E-state index contributed by atoms with van der Waals surface area (Å²) in [6.45, 7) is 0. The topological polar surface area (TPSA) is 64.3 Å². The molecule has 0 spiro atoms. The molecular weight excluding hydrogens is 301 g/mol. The number of carboxylic acids is 1. The quantitative estimate of drug-likeness (QED) is 0.940. The number of carbonyl (C=O) groups is 1. The molecule has 0 unspecified atom stereocenters. The first-order chi connectivity index (χ1) is 10.4. The largest absolute Gasteiger partial charge is 0.573 e. The number of halogens is 3. The van der Waals surface area contributed by atoms with Crippen molar-refractivity contribution >= 4 is 5.97 Å². The minimum absolute atomic E-state index is 0.00399. The van der Waals surface area contributed by atoms with Gasteiger partial charge in [-0.25, -0.2) is 9.48 Å². The second-order valence-electron chi connectivity index (χ2n) is 4.95. The fourth-order valence-corrected chi connectivity index (χ4v) is 2.31. The Morgan fingerprint density at radius 1 is 1.32 bits per heavy atom. The molecule has 0 bridgehead atoms. The van der Waals surface area contributed by atoms with E-state index in [1.165, 1.54) is 28.9 Å². The summed E-state index contributed by atoms with van der Waals surface area (Å²) in [5, 5.41) is 13.1. The number of ether oxygens (including phenoxy) is 1. The van der Waals surface area contributed by atoms with Gasteiger partial charge < -0.3 is 9.84 Å². The molecule has 5 nitrogen and oxygen atoms in total. The van der Waals surface area contributed by atoms with Gasteiger partial charge in [-0.05, 0) is 25.0 Å². The first kappa shape index (κ1) is 14.4. The second-order valence-corrected chi connectivity index (χ2v) is 4.95. The van der Waals surface area contributed by atoms with E-state index < -0.39 is 18.1 Å². The molecule has 0 radical (unpaired) electrons. The monoisotopic (exact) mass is 312 g/mol. The zero-order valence-corrected chi connectivity index (χ0v) is 11.2. The van der Waals surface area contributed by atoms with Gasteiger partial charge in [0.15, 0.2) is 5.75 Å². The number of aromatic nitrogens is 2. The van der Waals surface area contributed by atoms with Crippen LogP contribution in [0.1, 0.15) is 34.8 Å². The van der Waals surface area contributed by atoms with Crippen LogP contribution in [0.5, 0.6) is 5.75 Å². The van der Waals surface area contributed by atoms with Crippen molar-refractivity contribution in [2.75, 3.05) is 0 Å². The van der Waals surface area contributed by atoms with Crippen LogP contribution in [0.4, 0.5) is 13.2 Å². The summed E-state index contributed by atoms with van der Waals surface area (Å²) in [5.74, 6) is -1.58. The molecule has 8 heteroatoms. The standard InChI is InChI=1S/C14H11F3N2O3/c15-14(16,17)22-11-4-2-1-3-10(11)19-12(8-5-6-8)9(7-18-19)13(20)21/h1-4,7-8H,5-6H2,(H,20,21). The van der Waals surface area contributed by atoms with Crippen molar-refractivity contribution in [1.29, 1.82) is 0 Å². The number of nitrogens with zero attached hydrogens (tertiary/aromatic N) is 2. The van der Waals surface area contributed by atoms with Crippen LogP contribution in [0, 0.1) is 0 Å². The Morgan fingerprint density at radius 3 is 2.59 bits per heavy atom. The van der Waals surface area contributed by atoms with Crippen LogP contribution in [0.3, 0.4) is 0 Å². The highest BCUT2D eigenvalue weighted by molar-refractivity contribution is 5.89. The number of benzene rings is 1. The third-order valence-corrected chi connectivity index (χ3v) is 3.32. The minimum Gasteiger partial charge on any atom is -0.478 e. The maximum Gasteiger partial charge on any atom is 0.573 e. The van der Waals surface area contributed by atoms with Gasteiger partial charge in [0, 0.05) is 5.92 Å². The predicted molar refractivity (Wildman–Crippen MR) is 69.2 cm³/mol.